The van der Waals surface area contributed by atoms with Crippen LogP contribution in [-0.4, -0.2) is 29.8 Å². The minimum absolute atomic E-state index is 0.723. The Balaban J connectivity index is 2.25. The summed E-state index contributed by atoms with van der Waals surface area (Å²) in [4.78, 5) is 4.52. The number of pyridine rings is 1. The fourth-order valence-corrected chi connectivity index (χ4v) is 1.69. The van der Waals surface area contributed by atoms with E-state index in [1.807, 2.05) is 42.9 Å². The molecule has 0 bridgehead atoms. The summed E-state index contributed by atoms with van der Waals surface area (Å²) in [5, 5.41) is 12.4. The summed E-state index contributed by atoms with van der Waals surface area (Å²) >= 11 is 0. The molecule has 3 rings (SSSR count). The van der Waals surface area contributed by atoms with Crippen molar-refractivity contribution in [2.24, 2.45) is 7.05 Å². The maximum atomic E-state index is 4.52. The molecule has 0 aliphatic carbocycles. The van der Waals surface area contributed by atoms with Gasteiger partial charge in [0, 0.05) is 18.6 Å². The second-order valence-electron chi connectivity index (χ2n) is 3.65. The molecule has 0 aliphatic heterocycles. The molecule has 0 unspecified atom stereocenters. The second-order valence-corrected chi connectivity index (χ2v) is 3.65. The topological polar surface area (TPSA) is 61.4 Å². The maximum Gasteiger partial charge on any atom is 0.159 e. The molecule has 3 heterocycles. The van der Waals surface area contributed by atoms with Crippen molar-refractivity contribution in [3.63, 3.8) is 0 Å². The van der Waals surface area contributed by atoms with Gasteiger partial charge in [-0.3, -0.25) is 0 Å². The first-order valence-corrected chi connectivity index (χ1v) is 4.93. The molecule has 3 aromatic rings. The fourth-order valence-electron chi connectivity index (χ4n) is 1.69. The molecule has 0 N–H and O–H groups in total. The van der Waals surface area contributed by atoms with Gasteiger partial charge >= 0.3 is 0 Å². The van der Waals surface area contributed by atoms with Gasteiger partial charge in [-0.2, -0.15) is 4.68 Å². The third-order valence-corrected chi connectivity index (χ3v) is 2.54. The fraction of sp³-hybridized carbons (Fsp3) is 0.200. The number of aromatic nitrogens is 6. The van der Waals surface area contributed by atoms with Gasteiger partial charge in [-0.05, 0) is 35.5 Å². The summed E-state index contributed by atoms with van der Waals surface area (Å²) in [6.07, 6.45) is 1.98. The number of nitrogens with zero attached hydrogens (tertiary/aromatic N) is 6. The summed E-state index contributed by atoms with van der Waals surface area (Å²) in [6, 6.07) is 5.95. The summed E-state index contributed by atoms with van der Waals surface area (Å²) in [5.74, 6) is 1.46. The van der Waals surface area contributed by atoms with E-state index in [9.17, 15) is 0 Å². The zero-order valence-corrected chi connectivity index (χ0v) is 8.99. The van der Waals surface area contributed by atoms with Crippen molar-refractivity contribution in [3.05, 3.63) is 30.2 Å². The molecule has 0 saturated heterocycles. The molecule has 6 heteroatoms. The summed E-state index contributed by atoms with van der Waals surface area (Å²) in [6.45, 7) is 1.84. The Morgan fingerprint density at radius 3 is 2.81 bits per heavy atom. The highest BCUT2D eigenvalue weighted by atomic mass is 15.6. The van der Waals surface area contributed by atoms with E-state index in [1.54, 1.807) is 4.68 Å². The van der Waals surface area contributed by atoms with Crippen LogP contribution in [0.25, 0.3) is 16.9 Å². The molecule has 0 amide bonds. The van der Waals surface area contributed by atoms with Crippen LogP contribution in [0.1, 0.15) is 5.82 Å². The highest BCUT2D eigenvalue weighted by Gasteiger charge is 2.07. The Kier molecular flexibility index (Phi) is 1.76. The molecule has 0 atom stereocenters. The Labute approximate surface area is 91.5 Å². The van der Waals surface area contributed by atoms with E-state index in [1.165, 1.54) is 0 Å². The maximum absolute atomic E-state index is 4.52. The lowest BCUT2D eigenvalue weighted by Gasteiger charge is -2.01. The van der Waals surface area contributed by atoms with Crippen molar-refractivity contribution in [1.29, 1.82) is 0 Å². The molecule has 0 aromatic carbocycles. The van der Waals surface area contributed by atoms with E-state index in [0.717, 1.165) is 22.7 Å². The number of hydrogen-bond donors (Lipinski definition) is 0. The average molecular weight is 214 g/mol. The van der Waals surface area contributed by atoms with Gasteiger partial charge in [-0.1, -0.05) is 0 Å². The first-order valence-electron chi connectivity index (χ1n) is 4.93. The Morgan fingerprint density at radius 1 is 1.19 bits per heavy atom. The van der Waals surface area contributed by atoms with Crippen molar-refractivity contribution in [1.82, 2.24) is 29.8 Å². The molecule has 0 radical (unpaired) electrons. The van der Waals surface area contributed by atoms with E-state index in [-0.39, 0.29) is 0 Å². The van der Waals surface area contributed by atoms with Crippen molar-refractivity contribution < 1.29 is 0 Å². The standard InChI is InChI=1S/C10H10N6/c1-7-12-13-14-16(7)9-4-3-8-5-6-15(2)10(8)11-9/h3-6H,1-2H3. The summed E-state index contributed by atoms with van der Waals surface area (Å²) in [5.41, 5.74) is 0.924. The predicted octanol–water partition coefficient (Wildman–Crippen LogP) is 0.857. The molecule has 3 aromatic heterocycles. The number of fused-ring (bicyclic) bond motifs is 1. The van der Waals surface area contributed by atoms with Crippen LogP contribution in [0.2, 0.25) is 0 Å². The third kappa shape index (κ3) is 1.19. The molecule has 0 spiro atoms. The number of rotatable bonds is 1. The van der Waals surface area contributed by atoms with Crippen LogP contribution in [0.3, 0.4) is 0 Å². The number of aryl methyl sites for hydroxylation is 2. The van der Waals surface area contributed by atoms with Gasteiger partial charge in [0.1, 0.15) is 5.65 Å². The molecular weight excluding hydrogens is 204 g/mol. The first kappa shape index (κ1) is 9.02. The van der Waals surface area contributed by atoms with Crippen molar-refractivity contribution >= 4 is 11.0 Å². The molecule has 6 nitrogen and oxygen atoms in total. The molecule has 0 saturated carbocycles. The zero-order chi connectivity index (χ0) is 11.1. The van der Waals surface area contributed by atoms with Gasteiger partial charge < -0.3 is 4.57 Å². The van der Waals surface area contributed by atoms with E-state index < -0.39 is 0 Å². The predicted molar refractivity (Wildman–Crippen MR) is 58.2 cm³/mol. The van der Waals surface area contributed by atoms with E-state index in [0.29, 0.717) is 0 Å². The Morgan fingerprint density at radius 2 is 2.06 bits per heavy atom. The van der Waals surface area contributed by atoms with Crippen LogP contribution in [0.4, 0.5) is 0 Å². The van der Waals surface area contributed by atoms with Gasteiger partial charge in [0.2, 0.25) is 0 Å². The Hall–Kier alpha value is -2.24. The minimum Gasteiger partial charge on any atom is -0.336 e. The lowest BCUT2D eigenvalue weighted by Crippen LogP contribution is -2.03. The lowest BCUT2D eigenvalue weighted by molar-refractivity contribution is 0.760. The largest absolute Gasteiger partial charge is 0.336 e. The molecule has 0 aliphatic rings. The Bertz CT molecular complexity index is 650. The van der Waals surface area contributed by atoms with Gasteiger partial charge in [-0.15, -0.1) is 5.10 Å². The highest BCUT2D eigenvalue weighted by molar-refractivity contribution is 5.76. The lowest BCUT2D eigenvalue weighted by atomic mass is 10.3. The quantitative estimate of drug-likeness (QED) is 0.602. The van der Waals surface area contributed by atoms with E-state index in [2.05, 4.69) is 20.5 Å². The smallest absolute Gasteiger partial charge is 0.159 e. The van der Waals surface area contributed by atoms with Crippen LogP contribution in [-0.2, 0) is 7.05 Å². The van der Waals surface area contributed by atoms with Gasteiger partial charge in [0.15, 0.2) is 11.6 Å². The number of tetrazole rings is 1. The van der Waals surface area contributed by atoms with Crippen molar-refractivity contribution in [2.75, 3.05) is 0 Å². The molecular formula is C10H10N6. The highest BCUT2D eigenvalue weighted by Crippen LogP contribution is 2.14. The zero-order valence-electron chi connectivity index (χ0n) is 8.99. The van der Waals surface area contributed by atoms with Crippen LogP contribution in [0, 0.1) is 6.92 Å². The van der Waals surface area contributed by atoms with Crippen molar-refractivity contribution in [3.8, 4) is 5.82 Å². The van der Waals surface area contributed by atoms with Crippen LogP contribution in [0.15, 0.2) is 24.4 Å². The summed E-state index contributed by atoms with van der Waals surface area (Å²) < 4.78 is 3.59. The van der Waals surface area contributed by atoms with Crippen LogP contribution < -0.4 is 0 Å². The van der Waals surface area contributed by atoms with Crippen LogP contribution >= 0.6 is 0 Å². The molecule has 16 heavy (non-hydrogen) atoms. The molecule has 80 valence electrons. The van der Waals surface area contributed by atoms with Crippen LogP contribution in [0.5, 0.6) is 0 Å². The SMILES string of the molecule is Cc1nnnn1-c1ccc2ccn(C)c2n1. The average Bonchev–Trinajstić information content (AvgIpc) is 2.86. The number of hydrogen-bond acceptors (Lipinski definition) is 4. The second kappa shape index (κ2) is 3.13. The third-order valence-electron chi connectivity index (χ3n) is 2.54. The summed E-state index contributed by atoms with van der Waals surface area (Å²) in [7, 11) is 1.96. The minimum atomic E-state index is 0.723. The normalized spacial score (nSPS) is 11.1. The molecule has 0 fully saturated rings. The first-order chi connectivity index (χ1) is 7.75. The monoisotopic (exact) mass is 214 g/mol. The van der Waals surface area contributed by atoms with E-state index in [4.69, 9.17) is 0 Å². The van der Waals surface area contributed by atoms with E-state index >= 15 is 0 Å². The van der Waals surface area contributed by atoms with Gasteiger partial charge in [-0.25, -0.2) is 4.98 Å². The van der Waals surface area contributed by atoms with Crippen molar-refractivity contribution in [2.45, 2.75) is 6.92 Å². The van der Waals surface area contributed by atoms with Gasteiger partial charge in [0.25, 0.3) is 0 Å². The van der Waals surface area contributed by atoms with Gasteiger partial charge in [0.05, 0.1) is 0 Å².